The van der Waals surface area contributed by atoms with Crippen molar-refractivity contribution in [1.29, 1.82) is 0 Å². The van der Waals surface area contributed by atoms with Crippen LogP contribution in [0.15, 0.2) is 65.6 Å². The fourth-order valence-corrected chi connectivity index (χ4v) is 5.36. The fraction of sp³-hybridized carbons (Fsp3) is 0.393. The molecule has 1 amide bonds. The lowest BCUT2D eigenvalue weighted by atomic mass is 10.2. The summed E-state index contributed by atoms with van der Waals surface area (Å²) in [6, 6.07) is 18.1. The predicted octanol–water partition coefficient (Wildman–Crippen LogP) is -0.291. The van der Waals surface area contributed by atoms with Crippen LogP contribution in [-0.2, 0) is 17.9 Å². The van der Waals surface area contributed by atoms with E-state index < -0.39 is 0 Å². The van der Waals surface area contributed by atoms with Crippen LogP contribution in [0, 0.1) is 0 Å². The molecule has 4 aromatic rings. The Kier molecular flexibility index (Phi) is 7.44. The van der Waals surface area contributed by atoms with Crippen LogP contribution < -0.4 is 20.7 Å². The second-order valence-electron chi connectivity index (χ2n) is 9.77. The van der Waals surface area contributed by atoms with Gasteiger partial charge in [0.1, 0.15) is 38.2 Å². The summed E-state index contributed by atoms with van der Waals surface area (Å²) >= 11 is 0. The first-order chi connectivity index (χ1) is 17.6. The molecule has 2 aromatic heterocycles. The van der Waals surface area contributed by atoms with E-state index in [1.807, 2.05) is 47.0 Å². The topological polar surface area (TPSA) is 77.8 Å². The minimum atomic E-state index is -0.240. The number of nitrogens with zero attached hydrogens (tertiary/aromatic N) is 3. The van der Waals surface area contributed by atoms with Crippen LogP contribution in [0.4, 0.5) is 0 Å². The first-order valence-electron chi connectivity index (χ1n) is 13.1. The van der Waals surface area contributed by atoms with E-state index in [1.165, 1.54) is 37.4 Å². The molecule has 1 saturated heterocycles. The fourth-order valence-electron chi connectivity index (χ4n) is 5.36. The highest BCUT2D eigenvalue weighted by Gasteiger charge is 2.21. The van der Waals surface area contributed by atoms with Crippen molar-refractivity contribution >= 4 is 27.7 Å². The third-order valence-electron chi connectivity index (χ3n) is 7.44. The molecule has 8 nitrogen and oxygen atoms in total. The molecule has 3 N–H and O–H groups in total. The SMILES string of the molecule is CC[NH+]1CC[NH+](CCCNC(=O)Cn2ncc3c4ccccc4n(Cc4ccccc4)c3c2=O)CC1. The van der Waals surface area contributed by atoms with Gasteiger partial charge in [-0.05, 0) is 18.6 Å². The van der Waals surface area contributed by atoms with E-state index in [0.717, 1.165) is 34.8 Å². The van der Waals surface area contributed by atoms with Crippen LogP contribution in [-0.4, -0.2) is 66.1 Å². The summed E-state index contributed by atoms with van der Waals surface area (Å²) in [6.07, 6.45) is 2.66. The molecular formula is C28H36N6O2+2. The van der Waals surface area contributed by atoms with E-state index in [1.54, 1.807) is 16.0 Å². The summed E-state index contributed by atoms with van der Waals surface area (Å²) in [7, 11) is 0. The molecule has 0 saturated carbocycles. The Labute approximate surface area is 211 Å². The second-order valence-corrected chi connectivity index (χ2v) is 9.77. The first-order valence-corrected chi connectivity index (χ1v) is 13.1. The van der Waals surface area contributed by atoms with E-state index in [0.29, 0.717) is 18.6 Å². The van der Waals surface area contributed by atoms with Crippen molar-refractivity contribution in [3.8, 4) is 0 Å². The zero-order valence-electron chi connectivity index (χ0n) is 21.0. The van der Waals surface area contributed by atoms with Crippen molar-refractivity contribution < 1.29 is 14.6 Å². The predicted molar refractivity (Wildman–Crippen MR) is 141 cm³/mol. The van der Waals surface area contributed by atoms with Crippen molar-refractivity contribution in [3.05, 3.63) is 76.7 Å². The monoisotopic (exact) mass is 488 g/mol. The van der Waals surface area contributed by atoms with E-state index in [4.69, 9.17) is 0 Å². The Bertz CT molecular complexity index is 1390. The molecule has 3 heterocycles. The maximum atomic E-state index is 13.5. The summed E-state index contributed by atoms with van der Waals surface area (Å²) in [4.78, 5) is 29.5. The molecule has 188 valence electrons. The lowest BCUT2D eigenvalue weighted by Crippen LogP contribution is -3.28. The van der Waals surface area contributed by atoms with E-state index in [9.17, 15) is 9.59 Å². The molecule has 0 radical (unpaired) electrons. The van der Waals surface area contributed by atoms with Crippen LogP contribution in [0.2, 0.25) is 0 Å². The van der Waals surface area contributed by atoms with Crippen molar-refractivity contribution in [2.24, 2.45) is 0 Å². The highest BCUT2D eigenvalue weighted by atomic mass is 16.2. The zero-order valence-corrected chi connectivity index (χ0v) is 21.0. The lowest BCUT2D eigenvalue weighted by molar-refractivity contribution is -1.01. The van der Waals surface area contributed by atoms with Crippen LogP contribution in [0.5, 0.6) is 0 Å². The number of likely N-dealkylation sites (N-methyl/N-ethyl adjacent to an activating group) is 1. The number of fused-ring (bicyclic) bond motifs is 3. The van der Waals surface area contributed by atoms with Crippen molar-refractivity contribution in [3.63, 3.8) is 0 Å². The third kappa shape index (κ3) is 5.20. The number of carbonyl (C=O) groups is 1. The van der Waals surface area contributed by atoms with Gasteiger partial charge in [-0.3, -0.25) is 9.59 Å². The standard InChI is InChI=1S/C28H34N6O2/c1-2-31-15-17-32(18-16-31)14-8-13-29-26(35)21-34-28(36)27-24(19-30-34)23-11-6-7-12-25(23)33(27)20-22-9-4-3-5-10-22/h3-7,9-12,19H,2,8,13-18,20-21H2,1H3,(H,29,35)/p+2. The van der Waals surface area contributed by atoms with Gasteiger partial charge >= 0.3 is 0 Å². The average molecular weight is 489 g/mol. The number of carbonyl (C=O) groups excluding carboxylic acids is 1. The first kappa shape index (κ1) is 24.2. The number of amides is 1. The van der Waals surface area contributed by atoms with Crippen LogP contribution in [0.3, 0.4) is 0 Å². The summed E-state index contributed by atoms with van der Waals surface area (Å²) in [6.45, 7) is 10.5. The minimum Gasteiger partial charge on any atom is -0.354 e. The van der Waals surface area contributed by atoms with Crippen molar-refractivity contribution in [2.45, 2.75) is 26.4 Å². The van der Waals surface area contributed by atoms with Crippen molar-refractivity contribution in [2.75, 3.05) is 45.8 Å². The quantitative estimate of drug-likeness (QED) is 0.284. The van der Waals surface area contributed by atoms with E-state index in [2.05, 4.69) is 29.5 Å². The van der Waals surface area contributed by atoms with Gasteiger partial charge in [-0.1, -0.05) is 48.5 Å². The number of nitrogens with one attached hydrogen (secondary N) is 3. The van der Waals surface area contributed by atoms with Crippen LogP contribution in [0.1, 0.15) is 18.9 Å². The van der Waals surface area contributed by atoms with Gasteiger partial charge in [0.15, 0.2) is 0 Å². The number of piperazine rings is 1. The Morgan fingerprint density at radius 3 is 2.47 bits per heavy atom. The third-order valence-corrected chi connectivity index (χ3v) is 7.44. The van der Waals surface area contributed by atoms with E-state index in [-0.39, 0.29) is 18.0 Å². The van der Waals surface area contributed by atoms with Crippen molar-refractivity contribution in [1.82, 2.24) is 19.7 Å². The maximum Gasteiger partial charge on any atom is 0.291 e. The number of quaternary nitrogens is 2. The molecule has 0 spiro atoms. The molecule has 1 aliphatic rings. The lowest BCUT2D eigenvalue weighted by Gasteiger charge is -2.28. The number of hydrogen-bond donors (Lipinski definition) is 3. The Morgan fingerprint density at radius 1 is 0.972 bits per heavy atom. The van der Waals surface area contributed by atoms with Gasteiger partial charge in [-0.2, -0.15) is 5.10 Å². The van der Waals surface area contributed by atoms with Gasteiger partial charge in [-0.15, -0.1) is 0 Å². The van der Waals surface area contributed by atoms with Gasteiger partial charge in [0.05, 0.1) is 19.3 Å². The molecule has 0 atom stereocenters. The highest BCUT2D eigenvalue weighted by Crippen LogP contribution is 2.27. The summed E-state index contributed by atoms with van der Waals surface area (Å²) in [5.74, 6) is -0.176. The van der Waals surface area contributed by atoms with Gasteiger partial charge < -0.3 is 19.7 Å². The van der Waals surface area contributed by atoms with E-state index >= 15 is 0 Å². The molecule has 0 bridgehead atoms. The zero-order chi connectivity index (χ0) is 24.9. The summed E-state index contributed by atoms with van der Waals surface area (Å²) in [5, 5.41) is 9.15. The molecule has 1 aliphatic heterocycles. The molecule has 1 fully saturated rings. The van der Waals surface area contributed by atoms with Crippen LogP contribution >= 0.6 is 0 Å². The smallest absolute Gasteiger partial charge is 0.291 e. The molecule has 0 aliphatic carbocycles. The normalized spacial score (nSPS) is 18.0. The number of rotatable bonds is 9. The molecular weight excluding hydrogens is 452 g/mol. The highest BCUT2D eigenvalue weighted by molar-refractivity contribution is 6.07. The molecule has 36 heavy (non-hydrogen) atoms. The average Bonchev–Trinajstić information content (AvgIpc) is 3.23. The maximum absolute atomic E-state index is 13.5. The van der Waals surface area contributed by atoms with Gasteiger partial charge in [0.25, 0.3) is 5.56 Å². The Balaban J connectivity index is 1.28. The summed E-state index contributed by atoms with van der Waals surface area (Å²) < 4.78 is 3.33. The van der Waals surface area contributed by atoms with Gasteiger partial charge in [-0.25, -0.2) is 4.68 Å². The minimum absolute atomic E-state index is 0.0764. The number of benzene rings is 2. The largest absolute Gasteiger partial charge is 0.354 e. The second kappa shape index (κ2) is 11.1. The Morgan fingerprint density at radius 2 is 1.69 bits per heavy atom. The number of para-hydroxylation sites is 1. The molecule has 5 rings (SSSR count). The molecule has 8 heteroatoms. The summed E-state index contributed by atoms with van der Waals surface area (Å²) in [5.41, 5.74) is 2.44. The van der Waals surface area contributed by atoms with Gasteiger partial charge in [0, 0.05) is 35.8 Å². The van der Waals surface area contributed by atoms with Gasteiger partial charge in [0.2, 0.25) is 5.91 Å². The number of aromatic nitrogens is 3. The molecule has 0 unspecified atom stereocenters. The van der Waals surface area contributed by atoms with Crippen LogP contribution in [0.25, 0.3) is 21.8 Å². The molecule has 2 aromatic carbocycles. The number of hydrogen-bond acceptors (Lipinski definition) is 3. The Hall–Kier alpha value is -3.49.